The molecule has 0 aliphatic heterocycles. The first-order valence-corrected chi connectivity index (χ1v) is 4.93. The van der Waals surface area contributed by atoms with E-state index in [1.54, 1.807) is 0 Å². The van der Waals surface area contributed by atoms with Crippen molar-refractivity contribution < 1.29 is 5.11 Å². The molecular weight excluding hydrogens is 136 g/mol. The van der Waals surface area contributed by atoms with Crippen molar-refractivity contribution in [2.75, 3.05) is 6.61 Å². The molecule has 0 N–H and O–H groups in total. The number of hydrogen-bond donors (Lipinski definition) is 0. The Kier molecular flexibility index (Phi) is 8.03. The topological polar surface area (TPSA) is 19.9 Å². The van der Waals surface area contributed by atoms with Crippen molar-refractivity contribution in [1.29, 1.82) is 0 Å². The maximum atomic E-state index is 10.2. The Labute approximate surface area is 70.8 Å². The molecule has 0 spiro atoms. The molecule has 0 aliphatic rings. The van der Waals surface area contributed by atoms with E-state index in [9.17, 15) is 5.11 Å². The van der Waals surface area contributed by atoms with Crippen LogP contribution in [0.2, 0.25) is 0 Å². The molecule has 0 saturated heterocycles. The molecule has 0 aliphatic carbocycles. The molecule has 0 aromatic heterocycles. The molecule has 0 rings (SSSR count). The van der Waals surface area contributed by atoms with Crippen LogP contribution in [0.5, 0.6) is 0 Å². The smallest absolute Gasteiger partial charge is 0.0822 e. The summed E-state index contributed by atoms with van der Waals surface area (Å²) in [5, 5.41) is 10.2. The van der Waals surface area contributed by atoms with E-state index in [1.165, 1.54) is 25.7 Å². The second kappa shape index (κ2) is 8.06. The normalized spacial score (nSPS) is 13.4. The summed E-state index contributed by atoms with van der Waals surface area (Å²) in [5.74, 6) is 0.881. The van der Waals surface area contributed by atoms with Gasteiger partial charge in [0.25, 0.3) is 0 Å². The van der Waals surface area contributed by atoms with Gasteiger partial charge in [0.2, 0.25) is 0 Å². The Morgan fingerprint density at radius 2 is 1.82 bits per heavy atom. The molecule has 1 unspecified atom stereocenters. The third-order valence-corrected chi connectivity index (χ3v) is 2.28. The zero-order chi connectivity index (χ0) is 8.53. The molecule has 1 atom stereocenters. The number of unbranched alkanes of at least 4 members (excludes halogenated alkanes) is 1. The molecule has 0 aromatic carbocycles. The Balaban J connectivity index is 3.20. The van der Waals surface area contributed by atoms with Crippen LogP contribution < -0.4 is 0 Å². The van der Waals surface area contributed by atoms with Gasteiger partial charge in [0.05, 0.1) is 6.61 Å². The highest BCUT2D eigenvalue weighted by Crippen LogP contribution is 2.17. The summed E-state index contributed by atoms with van der Waals surface area (Å²) < 4.78 is 0. The summed E-state index contributed by atoms with van der Waals surface area (Å²) in [6.07, 6.45) is 7.20. The third-order valence-electron chi connectivity index (χ3n) is 2.28. The molecule has 1 radical (unpaired) electrons. The molecule has 67 valence electrons. The van der Waals surface area contributed by atoms with Crippen molar-refractivity contribution in [3.63, 3.8) is 0 Å². The van der Waals surface area contributed by atoms with Crippen molar-refractivity contribution in [2.45, 2.75) is 52.4 Å². The Hall–Kier alpha value is -0.0400. The summed E-state index contributed by atoms with van der Waals surface area (Å²) >= 11 is 0. The third kappa shape index (κ3) is 6.36. The summed E-state index contributed by atoms with van der Waals surface area (Å²) in [5.41, 5.74) is 0. The fourth-order valence-electron chi connectivity index (χ4n) is 1.50. The van der Waals surface area contributed by atoms with Gasteiger partial charge in [-0.15, -0.1) is 0 Å². The number of hydrogen-bond acceptors (Lipinski definition) is 0. The fourth-order valence-corrected chi connectivity index (χ4v) is 1.50. The van der Waals surface area contributed by atoms with Crippen molar-refractivity contribution in [2.24, 2.45) is 5.92 Å². The van der Waals surface area contributed by atoms with Gasteiger partial charge in [-0.05, 0) is 12.3 Å². The highest BCUT2D eigenvalue weighted by Gasteiger charge is 2.03. The second-order valence-corrected chi connectivity index (χ2v) is 3.26. The lowest BCUT2D eigenvalue weighted by atomic mass is 9.95. The van der Waals surface area contributed by atoms with Crippen molar-refractivity contribution >= 4 is 0 Å². The van der Waals surface area contributed by atoms with Crippen LogP contribution in [0.1, 0.15) is 52.4 Å². The predicted molar refractivity (Wildman–Crippen MR) is 48.1 cm³/mol. The van der Waals surface area contributed by atoms with E-state index in [4.69, 9.17) is 0 Å². The van der Waals surface area contributed by atoms with Crippen LogP contribution in [0.15, 0.2) is 0 Å². The maximum Gasteiger partial charge on any atom is 0.0822 e. The summed E-state index contributed by atoms with van der Waals surface area (Å²) in [6, 6.07) is 0. The van der Waals surface area contributed by atoms with Gasteiger partial charge in [-0.1, -0.05) is 46.0 Å². The minimum Gasteiger partial charge on any atom is -0.237 e. The van der Waals surface area contributed by atoms with Crippen LogP contribution in [-0.4, -0.2) is 6.61 Å². The molecule has 0 bridgehead atoms. The molecule has 0 amide bonds. The second-order valence-electron chi connectivity index (χ2n) is 3.26. The summed E-state index contributed by atoms with van der Waals surface area (Å²) in [6.45, 7) is 4.59. The first kappa shape index (κ1) is 11.0. The highest BCUT2D eigenvalue weighted by molar-refractivity contribution is 4.56. The van der Waals surface area contributed by atoms with Gasteiger partial charge in [0, 0.05) is 0 Å². The van der Waals surface area contributed by atoms with Gasteiger partial charge in [-0.25, -0.2) is 5.11 Å². The Bertz CT molecular complexity index is 71.3. The standard InChI is InChI=1S/C10H21O/c1-3-7-10(4-2)8-5-6-9-11/h10H,3-9H2,1-2H3. The van der Waals surface area contributed by atoms with Gasteiger partial charge in [-0.2, -0.15) is 0 Å². The van der Waals surface area contributed by atoms with Crippen LogP contribution in [0.3, 0.4) is 0 Å². The van der Waals surface area contributed by atoms with E-state index in [0.29, 0.717) is 0 Å². The average Bonchev–Trinajstić information content (AvgIpc) is 2.03. The quantitative estimate of drug-likeness (QED) is 0.505. The lowest BCUT2D eigenvalue weighted by Gasteiger charge is -2.12. The molecule has 11 heavy (non-hydrogen) atoms. The molecule has 1 heteroatoms. The fraction of sp³-hybridized carbons (Fsp3) is 1.00. The average molecular weight is 157 g/mol. The van der Waals surface area contributed by atoms with Crippen LogP contribution in [0, 0.1) is 5.92 Å². The van der Waals surface area contributed by atoms with Crippen molar-refractivity contribution in [3.8, 4) is 0 Å². The van der Waals surface area contributed by atoms with Crippen LogP contribution >= 0.6 is 0 Å². The molecular formula is C10H21O. The first-order chi connectivity index (χ1) is 5.35. The predicted octanol–water partition coefficient (Wildman–Crippen LogP) is 3.41. The van der Waals surface area contributed by atoms with Crippen LogP contribution in [0.25, 0.3) is 0 Å². The van der Waals surface area contributed by atoms with Gasteiger partial charge in [-0.3, -0.25) is 0 Å². The van der Waals surface area contributed by atoms with Crippen LogP contribution in [-0.2, 0) is 5.11 Å². The molecule has 1 nitrogen and oxygen atoms in total. The summed E-state index contributed by atoms with van der Waals surface area (Å²) in [4.78, 5) is 0. The molecule has 0 fully saturated rings. The van der Waals surface area contributed by atoms with Gasteiger partial charge < -0.3 is 0 Å². The van der Waals surface area contributed by atoms with E-state index in [-0.39, 0.29) is 6.61 Å². The molecule has 0 saturated carbocycles. The zero-order valence-electron chi connectivity index (χ0n) is 7.94. The van der Waals surface area contributed by atoms with E-state index in [2.05, 4.69) is 13.8 Å². The van der Waals surface area contributed by atoms with Gasteiger partial charge >= 0.3 is 0 Å². The lowest BCUT2D eigenvalue weighted by molar-refractivity contribution is 0.183. The number of rotatable bonds is 7. The minimum absolute atomic E-state index is 0.114. The van der Waals surface area contributed by atoms with E-state index in [1.807, 2.05) is 0 Å². The minimum atomic E-state index is 0.114. The molecule has 0 aromatic rings. The van der Waals surface area contributed by atoms with E-state index in [0.717, 1.165) is 18.8 Å². The Morgan fingerprint density at radius 1 is 1.09 bits per heavy atom. The molecule has 0 heterocycles. The van der Waals surface area contributed by atoms with E-state index >= 15 is 0 Å². The SMILES string of the molecule is CCCC(CC)CCCC[O]. The van der Waals surface area contributed by atoms with Crippen molar-refractivity contribution in [3.05, 3.63) is 0 Å². The van der Waals surface area contributed by atoms with Gasteiger partial charge in [0.15, 0.2) is 0 Å². The lowest BCUT2D eigenvalue weighted by Crippen LogP contribution is -1.98. The zero-order valence-corrected chi connectivity index (χ0v) is 7.94. The maximum absolute atomic E-state index is 10.2. The Morgan fingerprint density at radius 3 is 2.27 bits per heavy atom. The van der Waals surface area contributed by atoms with Crippen molar-refractivity contribution in [1.82, 2.24) is 0 Å². The van der Waals surface area contributed by atoms with Gasteiger partial charge in [0.1, 0.15) is 0 Å². The largest absolute Gasteiger partial charge is 0.237 e. The monoisotopic (exact) mass is 157 g/mol. The van der Waals surface area contributed by atoms with Crippen LogP contribution in [0.4, 0.5) is 0 Å². The summed E-state index contributed by atoms with van der Waals surface area (Å²) in [7, 11) is 0. The highest BCUT2D eigenvalue weighted by atomic mass is 16.2. The van der Waals surface area contributed by atoms with E-state index < -0.39 is 0 Å². The first-order valence-electron chi connectivity index (χ1n) is 4.93.